The van der Waals surface area contributed by atoms with Crippen molar-refractivity contribution in [1.82, 2.24) is 0 Å². The highest BCUT2D eigenvalue weighted by atomic mass is 16.5. The van der Waals surface area contributed by atoms with E-state index >= 15 is 0 Å². The zero-order valence-electron chi connectivity index (χ0n) is 13.5. The van der Waals surface area contributed by atoms with E-state index in [1.807, 2.05) is 44.2 Å². The molecule has 0 fully saturated rings. The Kier molecular flexibility index (Phi) is 3.90. The molecule has 2 aromatic carbocycles. The lowest BCUT2D eigenvalue weighted by molar-refractivity contribution is -0.125. The van der Waals surface area contributed by atoms with Crippen molar-refractivity contribution in [1.29, 1.82) is 0 Å². The molecule has 23 heavy (non-hydrogen) atoms. The van der Waals surface area contributed by atoms with Crippen molar-refractivity contribution in [2.45, 2.75) is 26.9 Å². The number of amides is 1. The third-order valence-electron chi connectivity index (χ3n) is 4.00. The zero-order chi connectivity index (χ0) is 16.6. The van der Waals surface area contributed by atoms with Crippen molar-refractivity contribution in [3.05, 3.63) is 59.2 Å². The normalized spacial score (nSPS) is 16.7. The van der Waals surface area contributed by atoms with Gasteiger partial charge in [0.25, 0.3) is 5.91 Å². The van der Waals surface area contributed by atoms with Crippen LogP contribution >= 0.6 is 0 Å². The van der Waals surface area contributed by atoms with Crippen LogP contribution in [0.4, 0.5) is 5.69 Å². The summed E-state index contributed by atoms with van der Waals surface area (Å²) in [6, 6.07) is 13.0. The van der Waals surface area contributed by atoms with Gasteiger partial charge in [-0.15, -0.1) is 0 Å². The predicted molar refractivity (Wildman–Crippen MR) is 89.1 cm³/mol. The molecule has 0 unspecified atom stereocenters. The van der Waals surface area contributed by atoms with Gasteiger partial charge in [0.1, 0.15) is 5.75 Å². The molecule has 1 aliphatic rings. The second kappa shape index (κ2) is 5.88. The van der Waals surface area contributed by atoms with E-state index in [0.717, 1.165) is 11.1 Å². The molecule has 0 aliphatic carbocycles. The van der Waals surface area contributed by atoms with Crippen molar-refractivity contribution in [3.8, 4) is 5.75 Å². The van der Waals surface area contributed by atoms with Gasteiger partial charge in [-0.05, 0) is 38.5 Å². The van der Waals surface area contributed by atoms with Crippen molar-refractivity contribution in [3.63, 3.8) is 0 Å². The highest BCUT2D eigenvalue weighted by Crippen LogP contribution is 2.34. The van der Waals surface area contributed by atoms with Crippen LogP contribution in [0.15, 0.2) is 42.5 Å². The third-order valence-corrected chi connectivity index (χ3v) is 4.00. The molecule has 1 amide bonds. The summed E-state index contributed by atoms with van der Waals surface area (Å²) in [5.41, 5.74) is 3.38. The molecule has 2 aromatic rings. The van der Waals surface area contributed by atoms with Crippen LogP contribution < -0.4 is 9.64 Å². The monoisotopic (exact) mass is 309 g/mol. The Morgan fingerprint density at radius 1 is 1.09 bits per heavy atom. The molecule has 4 heteroatoms. The smallest absolute Gasteiger partial charge is 0.268 e. The Morgan fingerprint density at radius 2 is 1.74 bits per heavy atom. The second-order valence-corrected chi connectivity index (χ2v) is 5.94. The lowest BCUT2D eigenvalue weighted by Gasteiger charge is -2.32. The first-order valence-corrected chi connectivity index (χ1v) is 7.64. The summed E-state index contributed by atoms with van der Waals surface area (Å²) in [6.45, 7) is 5.64. The fourth-order valence-electron chi connectivity index (χ4n) is 2.65. The lowest BCUT2D eigenvalue weighted by atomic mass is 10.1. The molecular weight excluding hydrogens is 290 g/mol. The predicted octanol–water partition coefficient (Wildman–Crippen LogP) is 3.30. The number of Topliss-reactive ketones (excluding diaryl/α,β-unsaturated/α-hetero) is 1. The first-order chi connectivity index (χ1) is 11.0. The van der Waals surface area contributed by atoms with Gasteiger partial charge in [-0.25, -0.2) is 0 Å². The number of hydrogen-bond acceptors (Lipinski definition) is 3. The van der Waals surface area contributed by atoms with Crippen LogP contribution in [0.3, 0.4) is 0 Å². The van der Waals surface area contributed by atoms with Crippen molar-refractivity contribution in [2.75, 3.05) is 11.4 Å². The fourth-order valence-corrected chi connectivity index (χ4v) is 2.65. The van der Waals surface area contributed by atoms with Gasteiger partial charge in [0.15, 0.2) is 11.9 Å². The molecule has 4 nitrogen and oxygen atoms in total. The van der Waals surface area contributed by atoms with E-state index in [2.05, 4.69) is 0 Å². The van der Waals surface area contributed by atoms with Gasteiger partial charge in [-0.3, -0.25) is 14.5 Å². The summed E-state index contributed by atoms with van der Waals surface area (Å²) in [7, 11) is 0. The van der Waals surface area contributed by atoms with Gasteiger partial charge >= 0.3 is 0 Å². The van der Waals surface area contributed by atoms with Gasteiger partial charge in [-0.2, -0.15) is 0 Å². The molecule has 0 bridgehead atoms. The number of hydrogen-bond donors (Lipinski definition) is 0. The number of fused-ring (bicyclic) bond motifs is 1. The number of carbonyl (C=O) groups is 2. The summed E-state index contributed by atoms with van der Waals surface area (Å²) in [4.78, 5) is 26.5. The first-order valence-electron chi connectivity index (χ1n) is 7.64. The Bertz CT molecular complexity index is 765. The number of rotatable bonds is 3. The van der Waals surface area contributed by atoms with E-state index in [1.165, 1.54) is 4.90 Å². The Hall–Kier alpha value is -2.62. The minimum absolute atomic E-state index is 0.0199. The van der Waals surface area contributed by atoms with Crippen molar-refractivity contribution < 1.29 is 14.3 Å². The molecule has 0 saturated carbocycles. The van der Waals surface area contributed by atoms with Gasteiger partial charge in [-0.1, -0.05) is 35.9 Å². The Labute approximate surface area is 135 Å². The van der Waals surface area contributed by atoms with Crippen LogP contribution in [0.25, 0.3) is 0 Å². The maximum Gasteiger partial charge on any atom is 0.268 e. The molecule has 0 N–H and O–H groups in total. The molecule has 1 heterocycles. The number of ketones is 1. The molecular formula is C19H19NO3. The molecule has 3 rings (SSSR count). The van der Waals surface area contributed by atoms with E-state index in [4.69, 9.17) is 4.74 Å². The molecule has 0 saturated heterocycles. The van der Waals surface area contributed by atoms with Crippen LogP contribution in [-0.4, -0.2) is 24.3 Å². The fraction of sp³-hybridized carbons (Fsp3) is 0.263. The van der Waals surface area contributed by atoms with Crippen LogP contribution in [-0.2, 0) is 4.79 Å². The number of aryl methyl sites for hydroxylation is 2. The van der Waals surface area contributed by atoms with Crippen molar-refractivity contribution >= 4 is 17.4 Å². The van der Waals surface area contributed by atoms with Crippen LogP contribution in [0.1, 0.15) is 28.4 Å². The van der Waals surface area contributed by atoms with Gasteiger partial charge in [0.05, 0.1) is 12.2 Å². The summed E-state index contributed by atoms with van der Waals surface area (Å²) < 4.78 is 5.63. The van der Waals surface area contributed by atoms with E-state index < -0.39 is 6.10 Å². The van der Waals surface area contributed by atoms with Crippen LogP contribution in [0, 0.1) is 13.8 Å². The van der Waals surface area contributed by atoms with E-state index in [9.17, 15) is 9.59 Å². The standard InChI is InChI=1S/C19H19NO3/c1-12-4-7-15(8-5-12)17(21)11-20-16-10-13(2)6-9-18(16)23-14(3)19(20)22/h4-10,14H,11H2,1-3H3/t14-/m0/s1. The molecule has 1 aliphatic heterocycles. The summed E-state index contributed by atoms with van der Waals surface area (Å²) in [5.74, 6) is 0.364. The average Bonchev–Trinajstić information content (AvgIpc) is 2.53. The maximum absolute atomic E-state index is 12.5. The SMILES string of the molecule is Cc1ccc(C(=O)CN2C(=O)[C@H](C)Oc3ccc(C)cc32)cc1. The molecule has 0 spiro atoms. The summed E-state index contributed by atoms with van der Waals surface area (Å²) >= 11 is 0. The maximum atomic E-state index is 12.5. The average molecular weight is 309 g/mol. The summed E-state index contributed by atoms with van der Waals surface area (Å²) in [6.07, 6.45) is -0.587. The molecule has 118 valence electrons. The largest absolute Gasteiger partial charge is 0.479 e. The number of anilines is 1. The second-order valence-electron chi connectivity index (χ2n) is 5.94. The highest BCUT2D eigenvalue weighted by Gasteiger charge is 2.32. The molecule has 1 atom stereocenters. The molecule has 0 aromatic heterocycles. The van der Waals surface area contributed by atoms with Gasteiger partial charge < -0.3 is 4.74 Å². The number of benzene rings is 2. The minimum Gasteiger partial charge on any atom is -0.479 e. The molecule has 0 radical (unpaired) electrons. The minimum atomic E-state index is -0.587. The quantitative estimate of drug-likeness (QED) is 0.817. The highest BCUT2D eigenvalue weighted by molar-refractivity contribution is 6.08. The number of ether oxygens (including phenoxy) is 1. The Balaban J connectivity index is 1.92. The zero-order valence-corrected chi connectivity index (χ0v) is 13.5. The van der Waals surface area contributed by atoms with E-state index in [-0.39, 0.29) is 18.2 Å². The number of carbonyl (C=O) groups excluding carboxylic acids is 2. The van der Waals surface area contributed by atoms with Gasteiger partial charge in [0, 0.05) is 5.56 Å². The topological polar surface area (TPSA) is 46.6 Å². The number of nitrogens with zero attached hydrogens (tertiary/aromatic N) is 1. The van der Waals surface area contributed by atoms with Crippen molar-refractivity contribution in [2.24, 2.45) is 0 Å². The van der Waals surface area contributed by atoms with Crippen LogP contribution in [0.5, 0.6) is 5.75 Å². The van der Waals surface area contributed by atoms with E-state index in [1.54, 1.807) is 19.1 Å². The van der Waals surface area contributed by atoms with E-state index in [0.29, 0.717) is 17.0 Å². The van der Waals surface area contributed by atoms with Crippen LogP contribution in [0.2, 0.25) is 0 Å². The Morgan fingerprint density at radius 3 is 2.43 bits per heavy atom. The lowest BCUT2D eigenvalue weighted by Crippen LogP contribution is -2.46. The first kappa shape index (κ1) is 15.3. The van der Waals surface area contributed by atoms with Gasteiger partial charge in [0.2, 0.25) is 0 Å². The third kappa shape index (κ3) is 2.97. The summed E-state index contributed by atoms with van der Waals surface area (Å²) in [5, 5.41) is 0.